The van der Waals surface area contributed by atoms with Gasteiger partial charge in [0.1, 0.15) is 6.17 Å². The number of carbonyl (C=O) groups excluding carboxylic acids is 1. The first-order chi connectivity index (χ1) is 13.1. The van der Waals surface area contributed by atoms with Crippen molar-refractivity contribution in [1.82, 2.24) is 10.6 Å². The van der Waals surface area contributed by atoms with E-state index < -0.39 is 21.8 Å². The molecule has 2 rings (SSSR count). The predicted molar refractivity (Wildman–Crippen MR) is 115 cm³/mol. The van der Waals surface area contributed by atoms with Crippen LogP contribution in [-0.4, -0.2) is 32.1 Å². The molecule has 148 valence electrons. The van der Waals surface area contributed by atoms with Crippen molar-refractivity contribution in [2.45, 2.75) is 16.9 Å². The van der Waals surface area contributed by atoms with Gasteiger partial charge in [-0.1, -0.05) is 58.6 Å². The molecule has 0 saturated carbocycles. The van der Waals surface area contributed by atoms with Gasteiger partial charge in [0.15, 0.2) is 5.11 Å². The molecule has 0 aromatic heterocycles. The summed E-state index contributed by atoms with van der Waals surface area (Å²) >= 11 is 23.1. The van der Waals surface area contributed by atoms with E-state index in [1.165, 1.54) is 12.1 Å². The van der Waals surface area contributed by atoms with E-state index in [0.717, 1.165) is 5.56 Å². The summed E-state index contributed by atoms with van der Waals surface area (Å²) in [7, 11) is 0. The van der Waals surface area contributed by atoms with E-state index in [9.17, 15) is 9.59 Å². The number of carboxylic acid groups (broad SMARTS) is 1. The number of carbonyl (C=O) groups is 2. The van der Waals surface area contributed by atoms with Crippen molar-refractivity contribution in [2.24, 2.45) is 0 Å². The molecule has 0 unspecified atom stereocenters. The van der Waals surface area contributed by atoms with E-state index in [1.54, 1.807) is 36.4 Å². The van der Waals surface area contributed by atoms with Gasteiger partial charge in [0.2, 0.25) is 3.79 Å². The Bertz CT molecular complexity index is 886. The van der Waals surface area contributed by atoms with Crippen LogP contribution in [0.2, 0.25) is 0 Å². The Morgan fingerprint density at radius 1 is 1.04 bits per heavy atom. The summed E-state index contributed by atoms with van der Waals surface area (Å²) in [5.41, 5.74) is 1.89. The Morgan fingerprint density at radius 2 is 1.68 bits per heavy atom. The third-order valence-corrected chi connectivity index (χ3v) is 4.43. The number of hydrogen-bond donors (Lipinski definition) is 4. The van der Waals surface area contributed by atoms with Crippen LogP contribution >= 0.6 is 47.0 Å². The molecule has 0 spiro atoms. The third kappa shape index (κ3) is 6.53. The minimum Gasteiger partial charge on any atom is -0.478 e. The SMILES string of the molecule is Cc1ccc(C(=O)N[C@@H](NC(=S)Nc2cccc(C(=O)O)c2)C(Cl)(Cl)Cl)cc1. The molecular formula is C18H16Cl3N3O3S. The van der Waals surface area contributed by atoms with Gasteiger partial charge in [-0.25, -0.2) is 4.79 Å². The van der Waals surface area contributed by atoms with Crippen LogP contribution in [0.3, 0.4) is 0 Å². The van der Waals surface area contributed by atoms with Crippen LogP contribution in [0.4, 0.5) is 5.69 Å². The number of rotatable bonds is 5. The van der Waals surface area contributed by atoms with Crippen molar-refractivity contribution < 1.29 is 14.7 Å². The van der Waals surface area contributed by atoms with E-state index in [1.807, 2.05) is 6.92 Å². The highest BCUT2D eigenvalue weighted by atomic mass is 35.6. The smallest absolute Gasteiger partial charge is 0.335 e. The molecule has 6 nitrogen and oxygen atoms in total. The van der Waals surface area contributed by atoms with Crippen LogP contribution in [0.5, 0.6) is 0 Å². The number of nitrogens with one attached hydrogen (secondary N) is 3. The Hall–Kier alpha value is -2.06. The number of anilines is 1. The first-order valence-electron chi connectivity index (χ1n) is 7.91. The molecular weight excluding hydrogens is 445 g/mol. The lowest BCUT2D eigenvalue weighted by atomic mass is 10.1. The highest BCUT2D eigenvalue weighted by Crippen LogP contribution is 2.29. The van der Waals surface area contributed by atoms with Gasteiger partial charge in [-0.2, -0.15) is 0 Å². The van der Waals surface area contributed by atoms with Gasteiger partial charge in [0, 0.05) is 11.3 Å². The van der Waals surface area contributed by atoms with Gasteiger partial charge in [-0.3, -0.25) is 4.79 Å². The van der Waals surface area contributed by atoms with Crippen molar-refractivity contribution >= 4 is 69.7 Å². The zero-order valence-electron chi connectivity index (χ0n) is 14.5. The minimum atomic E-state index is -1.91. The fourth-order valence-electron chi connectivity index (χ4n) is 2.15. The standard InChI is InChI=1S/C18H16Cl3N3O3S/c1-10-5-7-11(8-6-10)14(25)23-16(18(19,20)21)24-17(28)22-13-4-2-3-12(9-13)15(26)27/h2-9,16H,1H3,(H,23,25)(H,26,27)(H2,22,24,28)/t16-/m0/s1. The average Bonchev–Trinajstić information content (AvgIpc) is 2.61. The van der Waals surface area contributed by atoms with Crippen LogP contribution in [0.15, 0.2) is 48.5 Å². The Balaban J connectivity index is 2.08. The molecule has 0 aliphatic carbocycles. The topological polar surface area (TPSA) is 90.5 Å². The zero-order valence-corrected chi connectivity index (χ0v) is 17.6. The van der Waals surface area contributed by atoms with E-state index in [4.69, 9.17) is 52.1 Å². The van der Waals surface area contributed by atoms with Gasteiger partial charge >= 0.3 is 5.97 Å². The lowest BCUT2D eigenvalue weighted by Gasteiger charge is -2.27. The Labute approximate surface area is 182 Å². The van der Waals surface area contributed by atoms with Crippen LogP contribution in [-0.2, 0) is 0 Å². The number of amides is 1. The molecule has 28 heavy (non-hydrogen) atoms. The molecule has 4 N–H and O–H groups in total. The molecule has 0 bridgehead atoms. The van der Waals surface area contributed by atoms with Crippen LogP contribution in [0.25, 0.3) is 0 Å². The number of aromatic carboxylic acids is 1. The number of hydrogen-bond acceptors (Lipinski definition) is 3. The van der Waals surface area contributed by atoms with Crippen molar-refractivity contribution in [3.8, 4) is 0 Å². The van der Waals surface area contributed by atoms with Gasteiger partial charge in [0.25, 0.3) is 5.91 Å². The number of thiocarbonyl (C=S) groups is 1. The van der Waals surface area contributed by atoms with Crippen LogP contribution in [0.1, 0.15) is 26.3 Å². The van der Waals surface area contributed by atoms with Crippen molar-refractivity contribution in [3.63, 3.8) is 0 Å². The lowest BCUT2D eigenvalue weighted by molar-refractivity contribution is 0.0696. The van der Waals surface area contributed by atoms with Crippen LogP contribution < -0.4 is 16.0 Å². The second kappa shape index (κ2) is 9.43. The number of carboxylic acids is 1. The molecule has 0 fully saturated rings. The number of halogens is 3. The maximum absolute atomic E-state index is 12.4. The molecule has 10 heteroatoms. The van der Waals surface area contributed by atoms with Crippen molar-refractivity contribution in [1.29, 1.82) is 0 Å². The molecule has 2 aromatic carbocycles. The zero-order chi connectivity index (χ0) is 20.9. The quantitative estimate of drug-likeness (QED) is 0.305. The first-order valence-corrected chi connectivity index (χ1v) is 9.45. The van der Waals surface area contributed by atoms with Crippen LogP contribution in [0, 0.1) is 6.92 Å². The van der Waals surface area contributed by atoms with Crippen molar-refractivity contribution in [3.05, 3.63) is 65.2 Å². The van der Waals surface area contributed by atoms with E-state index in [0.29, 0.717) is 11.3 Å². The van der Waals surface area contributed by atoms with Crippen molar-refractivity contribution in [2.75, 3.05) is 5.32 Å². The summed E-state index contributed by atoms with van der Waals surface area (Å²) in [5.74, 6) is -1.54. The summed E-state index contributed by atoms with van der Waals surface area (Å²) in [6.45, 7) is 1.90. The molecule has 0 aliphatic rings. The highest BCUT2D eigenvalue weighted by molar-refractivity contribution is 7.80. The maximum Gasteiger partial charge on any atom is 0.335 e. The fraction of sp³-hybridized carbons (Fsp3) is 0.167. The molecule has 0 heterocycles. The summed E-state index contributed by atoms with van der Waals surface area (Å²) in [5, 5.41) is 17.1. The Kier molecular flexibility index (Phi) is 7.48. The normalized spacial score (nSPS) is 12.0. The minimum absolute atomic E-state index is 0.0306. The summed E-state index contributed by atoms with van der Waals surface area (Å²) < 4.78 is -1.91. The molecule has 0 aliphatic heterocycles. The second-order valence-electron chi connectivity index (χ2n) is 5.80. The largest absolute Gasteiger partial charge is 0.478 e. The molecule has 1 atom stereocenters. The average molecular weight is 461 g/mol. The maximum atomic E-state index is 12.4. The predicted octanol–water partition coefficient (Wildman–Crippen LogP) is 4.11. The van der Waals surface area contributed by atoms with Gasteiger partial charge in [-0.15, -0.1) is 0 Å². The number of aryl methyl sites for hydroxylation is 1. The summed E-state index contributed by atoms with van der Waals surface area (Å²) in [4.78, 5) is 23.5. The number of benzene rings is 2. The lowest BCUT2D eigenvalue weighted by Crippen LogP contribution is -2.56. The Morgan fingerprint density at radius 3 is 2.25 bits per heavy atom. The summed E-state index contributed by atoms with van der Waals surface area (Å²) in [6.07, 6.45) is -1.14. The monoisotopic (exact) mass is 459 g/mol. The number of alkyl halides is 3. The fourth-order valence-corrected chi connectivity index (χ4v) is 2.71. The van der Waals surface area contributed by atoms with E-state index in [2.05, 4.69) is 16.0 Å². The van der Waals surface area contributed by atoms with Gasteiger partial charge in [0.05, 0.1) is 5.56 Å². The van der Waals surface area contributed by atoms with E-state index in [-0.39, 0.29) is 10.7 Å². The molecule has 1 amide bonds. The highest BCUT2D eigenvalue weighted by Gasteiger charge is 2.34. The van der Waals surface area contributed by atoms with Gasteiger partial charge in [-0.05, 0) is 49.5 Å². The second-order valence-corrected chi connectivity index (χ2v) is 8.58. The molecule has 0 radical (unpaired) electrons. The van der Waals surface area contributed by atoms with E-state index >= 15 is 0 Å². The molecule has 2 aromatic rings. The van der Waals surface area contributed by atoms with Gasteiger partial charge < -0.3 is 21.1 Å². The molecule has 0 saturated heterocycles. The summed E-state index contributed by atoms with van der Waals surface area (Å²) in [6, 6.07) is 12.9. The first kappa shape index (κ1) is 22.2. The third-order valence-electron chi connectivity index (χ3n) is 3.56.